The van der Waals surface area contributed by atoms with Gasteiger partial charge in [0, 0.05) is 33.8 Å². The molecule has 0 aliphatic heterocycles. The van der Waals surface area contributed by atoms with Gasteiger partial charge in [0.25, 0.3) is 0 Å². The van der Waals surface area contributed by atoms with Crippen LogP contribution in [-0.4, -0.2) is 0 Å². The molecule has 0 radical (unpaired) electrons. The fraction of sp³-hybridized carbons (Fsp3) is 0. The maximum atomic E-state index is 2.36. The fourth-order valence-corrected chi connectivity index (χ4v) is 9.76. The van der Waals surface area contributed by atoms with Gasteiger partial charge < -0.3 is 9.80 Å². The molecule has 0 aliphatic rings. The lowest BCUT2D eigenvalue weighted by Gasteiger charge is -2.27. The van der Waals surface area contributed by atoms with E-state index in [1.807, 2.05) is 0 Å². The van der Waals surface area contributed by atoms with Gasteiger partial charge >= 0.3 is 0 Å². The lowest BCUT2D eigenvalue weighted by Crippen LogP contribution is -2.10. The topological polar surface area (TPSA) is 6.48 Å². The third kappa shape index (κ3) is 7.85. The van der Waals surface area contributed by atoms with Crippen molar-refractivity contribution in [2.75, 3.05) is 9.80 Å². The lowest BCUT2D eigenvalue weighted by atomic mass is 9.95. The second-order valence-corrected chi connectivity index (χ2v) is 17.4. The van der Waals surface area contributed by atoms with Crippen LogP contribution in [0.5, 0.6) is 0 Å². The predicted octanol–water partition coefficient (Wildman–Crippen LogP) is 18.8. The normalized spacial score (nSPS) is 11.2. The monoisotopic (exact) mass is 866 g/mol. The highest BCUT2D eigenvalue weighted by Crippen LogP contribution is 2.41. The molecule has 0 unspecified atom stereocenters. The van der Waals surface area contributed by atoms with Gasteiger partial charge in [-0.2, -0.15) is 0 Å². The van der Waals surface area contributed by atoms with Crippen molar-refractivity contribution in [1.29, 1.82) is 0 Å². The molecule has 0 heterocycles. The Kier molecular flexibility index (Phi) is 10.6. The first-order valence-corrected chi connectivity index (χ1v) is 23.3. The lowest BCUT2D eigenvalue weighted by molar-refractivity contribution is 1.28. The van der Waals surface area contributed by atoms with E-state index in [0.29, 0.717) is 0 Å². The van der Waals surface area contributed by atoms with E-state index in [1.54, 1.807) is 0 Å². The van der Waals surface area contributed by atoms with Crippen LogP contribution in [0.4, 0.5) is 34.1 Å². The van der Waals surface area contributed by atoms with Crippen molar-refractivity contribution in [3.8, 4) is 44.5 Å². The summed E-state index contributed by atoms with van der Waals surface area (Å²) >= 11 is 0. The van der Waals surface area contributed by atoms with Gasteiger partial charge in [-0.15, -0.1) is 0 Å². The highest BCUT2D eigenvalue weighted by molar-refractivity contribution is 6.09. The molecule has 12 aromatic carbocycles. The zero-order valence-corrected chi connectivity index (χ0v) is 37.5. The van der Waals surface area contributed by atoms with E-state index in [0.717, 1.165) is 34.1 Å². The smallest absolute Gasteiger partial charge is 0.0540 e. The molecular formula is C66H46N2. The van der Waals surface area contributed by atoms with Crippen molar-refractivity contribution >= 4 is 66.4 Å². The van der Waals surface area contributed by atoms with Crippen LogP contribution >= 0.6 is 0 Å². The molecule has 12 aromatic rings. The summed E-state index contributed by atoms with van der Waals surface area (Å²) < 4.78 is 0. The van der Waals surface area contributed by atoms with E-state index >= 15 is 0 Å². The molecular weight excluding hydrogens is 821 g/mol. The van der Waals surface area contributed by atoms with Gasteiger partial charge in [-0.3, -0.25) is 0 Å². The van der Waals surface area contributed by atoms with Crippen molar-refractivity contribution in [3.05, 3.63) is 279 Å². The first-order valence-electron chi connectivity index (χ1n) is 23.3. The molecule has 2 nitrogen and oxygen atoms in total. The number of hydrogen-bond donors (Lipinski definition) is 0. The SMILES string of the molecule is c1ccc(-c2ccc(N(c3ccc(-c4ccccc4)cc3)c3ccc(-c4ccc5c(ccc6cc(-c7ccc(N(c8ccccc8)c8cccc9ccccc89)cc7)ccc65)c4)cc3)cc2)cc1. The van der Waals surface area contributed by atoms with E-state index in [-0.39, 0.29) is 0 Å². The molecule has 0 N–H and O–H groups in total. The van der Waals surface area contributed by atoms with Crippen molar-refractivity contribution in [2.45, 2.75) is 0 Å². The zero-order chi connectivity index (χ0) is 45.2. The minimum Gasteiger partial charge on any atom is -0.311 e. The second kappa shape index (κ2) is 17.8. The van der Waals surface area contributed by atoms with Gasteiger partial charge in [-0.25, -0.2) is 0 Å². The average Bonchev–Trinajstić information content (AvgIpc) is 3.42. The Morgan fingerprint density at radius 2 is 0.515 bits per heavy atom. The molecule has 0 amide bonds. The number of anilines is 6. The number of hydrogen-bond acceptors (Lipinski definition) is 2. The van der Waals surface area contributed by atoms with Crippen LogP contribution in [0.3, 0.4) is 0 Å². The Morgan fingerprint density at radius 3 is 0.985 bits per heavy atom. The molecule has 320 valence electrons. The standard InChI is InChI=1S/C66H46N2/c1-4-13-47(14-5-1)49-25-35-59(36-26-49)67(60-37-27-50(28-38-60)48-15-6-2-7-16-48)61-39-29-51(30-40-61)54-33-43-63-56(45-54)23-24-57-46-55(34-44-64(57)63)52-31-41-62(42-32-52)68(58-19-8-3-9-20-58)66-22-12-18-53-17-10-11-21-65(53)66/h1-46H. The van der Waals surface area contributed by atoms with Crippen LogP contribution in [-0.2, 0) is 0 Å². The van der Waals surface area contributed by atoms with E-state index < -0.39 is 0 Å². The Hall–Kier alpha value is -8.98. The molecule has 0 saturated carbocycles. The molecule has 0 fully saturated rings. The number of rotatable bonds is 10. The minimum absolute atomic E-state index is 1.10. The van der Waals surface area contributed by atoms with Crippen LogP contribution in [0.2, 0.25) is 0 Å². The molecule has 2 heteroatoms. The average molecular weight is 867 g/mol. The summed E-state index contributed by atoms with van der Waals surface area (Å²) in [5.74, 6) is 0. The van der Waals surface area contributed by atoms with Crippen LogP contribution < -0.4 is 9.80 Å². The summed E-state index contributed by atoms with van der Waals surface area (Å²) in [6.07, 6.45) is 0. The van der Waals surface area contributed by atoms with Crippen molar-refractivity contribution < 1.29 is 0 Å². The Bertz CT molecular complexity index is 3590. The molecule has 0 bridgehead atoms. The zero-order valence-electron chi connectivity index (χ0n) is 37.5. The van der Waals surface area contributed by atoms with Gasteiger partial charge in [0.1, 0.15) is 0 Å². The predicted molar refractivity (Wildman–Crippen MR) is 290 cm³/mol. The van der Waals surface area contributed by atoms with E-state index in [9.17, 15) is 0 Å². The summed E-state index contributed by atoms with van der Waals surface area (Å²) in [6.45, 7) is 0. The molecule has 0 atom stereocenters. The number of nitrogens with zero attached hydrogens (tertiary/aromatic N) is 2. The summed E-state index contributed by atoms with van der Waals surface area (Å²) in [7, 11) is 0. The first-order chi connectivity index (χ1) is 33.7. The van der Waals surface area contributed by atoms with Crippen LogP contribution in [0, 0.1) is 0 Å². The van der Waals surface area contributed by atoms with Crippen LogP contribution in [0.25, 0.3) is 76.8 Å². The summed E-state index contributed by atoms with van der Waals surface area (Å²) in [5.41, 5.74) is 16.3. The summed E-state index contributed by atoms with van der Waals surface area (Å²) in [5, 5.41) is 7.41. The molecule has 0 aromatic heterocycles. The first kappa shape index (κ1) is 40.5. The van der Waals surface area contributed by atoms with E-state index in [4.69, 9.17) is 0 Å². The largest absolute Gasteiger partial charge is 0.311 e. The summed E-state index contributed by atoms with van der Waals surface area (Å²) in [4.78, 5) is 4.70. The third-order valence-corrected chi connectivity index (χ3v) is 13.2. The third-order valence-electron chi connectivity index (χ3n) is 13.2. The number of benzene rings is 12. The number of para-hydroxylation sites is 1. The van der Waals surface area contributed by atoms with E-state index in [1.165, 1.54) is 76.8 Å². The highest BCUT2D eigenvalue weighted by Gasteiger charge is 2.17. The Morgan fingerprint density at radius 1 is 0.176 bits per heavy atom. The van der Waals surface area contributed by atoms with Gasteiger partial charge in [0.2, 0.25) is 0 Å². The van der Waals surface area contributed by atoms with Crippen molar-refractivity contribution in [3.63, 3.8) is 0 Å². The molecule has 0 saturated heterocycles. The second-order valence-electron chi connectivity index (χ2n) is 17.4. The fourth-order valence-electron chi connectivity index (χ4n) is 9.76. The molecule has 0 aliphatic carbocycles. The van der Waals surface area contributed by atoms with Gasteiger partial charge in [-0.05, 0) is 150 Å². The molecule has 68 heavy (non-hydrogen) atoms. The highest BCUT2D eigenvalue weighted by atomic mass is 15.1. The minimum atomic E-state index is 1.10. The molecule has 0 spiro atoms. The van der Waals surface area contributed by atoms with Crippen LogP contribution in [0.15, 0.2) is 279 Å². The molecule has 12 rings (SSSR count). The Labute approximate surface area is 397 Å². The summed E-state index contributed by atoms with van der Waals surface area (Å²) in [6, 6.07) is 101. The van der Waals surface area contributed by atoms with E-state index in [2.05, 4.69) is 289 Å². The van der Waals surface area contributed by atoms with Crippen LogP contribution in [0.1, 0.15) is 0 Å². The Balaban J connectivity index is 0.826. The maximum absolute atomic E-state index is 2.36. The van der Waals surface area contributed by atoms with Gasteiger partial charge in [-0.1, -0.05) is 200 Å². The number of fused-ring (bicyclic) bond motifs is 4. The maximum Gasteiger partial charge on any atom is 0.0540 e. The van der Waals surface area contributed by atoms with Crippen molar-refractivity contribution in [1.82, 2.24) is 0 Å². The van der Waals surface area contributed by atoms with Gasteiger partial charge in [0.05, 0.1) is 5.69 Å². The van der Waals surface area contributed by atoms with Gasteiger partial charge in [0.15, 0.2) is 0 Å². The quantitative estimate of drug-likeness (QED) is 0.126. The van der Waals surface area contributed by atoms with Crippen molar-refractivity contribution in [2.24, 2.45) is 0 Å².